The molecule has 42 nitrogen and oxygen atoms in total. The Morgan fingerprint density at radius 3 is 1.67 bits per heavy atom. The van der Waals surface area contributed by atoms with Crippen LogP contribution in [0.5, 0.6) is 11.5 Å². The zero-order valence-corrected chi connectivity index (χ0v) is 73.0. The molecule has 0 spiro atoms. The Labute approximate surface area is 738 Å². The van der Waals surface area contributed by atoms with Crippen molar-refractivity contribution >= 4 is 18.0 Å². The number of hydrogen-bond acceptors (Lipinski definition) is 42. The summed E-state index contributed by atoms with van der Waals surface area (Å²) in [5.74, 6) is -2.03. The summed E-state index contributed by atoms with van der Waals surface area (Å²) in [6.07, 6.45) is -56.1. The molecular weight excluding hydrogens is 1700 g/mol. The molecule has 22 N–H and O–H groups in total. The zero-order chi connectivity index (χ0) is 93.0. The summed E-state index contributed by atoms with van der Waals surface area (Å²) in [5, 5.41) is 244. The maximum Gasteiger partial charge on any atom is 0.331 e. The molecule has 4 saturated carbocycles. The van der Waals surface area contributed by atoms with Crippen LogP contribution in [0.2, 0.25) is 0 Å². The molecule has 0 aromatic heterocycles. The highest BCUT2D eigenvalue weighted by Gasteiger charge is 2.71. The topological polar surface area (TPSA) is 645 Å². The number of phenolic OH excluding ortho intramolecular Hbond substituents is 1. The normalized spacial score (nSPS) is 50.2. The molecule has 12 fully saturated rings. The second kappa shape index (κ2) is 39.1. The molecule has 728 valence electrons. The number of aliphatic hydroxyl groups is 21. The van der Waals surface area contributed by atoms with E-state index in [9.17, 15) is 117 Å². The van der Waals surface area contributed by atoms with Crippen molar-refractivity contribution in [1.29, 1.82) is 0 Å². The first-order valence-corrected chi connectivity index (χ1v) is 44.3. The van der Waals surface area contributed by atoms with Crippen LogP contribution in [-0.2, 0) is 90.1 Å². The van der Waals surface area contributed by atoms with Gasteiger partial charge in [-0.2, -0.15) is 0 Å². The Morgan fingerprint density at radius 2 is 1.02 bits per heavy atom. The van der Waals surface area contributed by atoms with Gasteiger partial charge in [-0.15, -0.1) is 0 Å². The minimum Gasteiger partial charge on any atom is -0.504 e. The minimum absolute atomic E-state index is 0.0258. The maximum atomic E-state index is 15.4. The van der Waals surface area contributed by atoms with Gasteiger partial charge >= 0.3 is 11.9 Å². The van der Waals surface area contributed by atoms with Gasteiger partial charge in [0, 0.05) is 6.08 Å². The van der Waals surface area contributed by atoms with Crippen LogP contribution in [0.15, 0.2) is 35.9 Å². The molecule has 14 rings (SSSR count). The van der Waals surface area contributed by atoms with Crippen molar-refractivity contribution in [3.63, 3.8) is 0 Å². The van der Waals surface area contributed by atoms with Crippen LogP contribution >= 0.6 is 0 Å². The van der Waals surface area contributed by atoms with Gasteiger partial charge in [0.2, 0.25) is 6.29 Å². The molecule has 128 heavy (non-hydrogen) atoms. The monoisotopic (exact) mass is 1840 g/mol. The van der Waals surface area contributed by atoms with Gasteiger partial charge in [0.15, 0.2) is 61.6 Å². The molecule has 0 unspecified atom stereocenters. The maximum absolute atomic E-state index is 15.4. The fourth-order valence-corrected chi connectivity index (χ4v) is 22.9. The van der Waals surface area contributed by atoms with Gasteiger partial charge in [0.1, 0.15) is 165 Å². The number of ether oxygens (including phenoxy) is 18. The van der Waals surface area contributed by atoms with Crippen molar-refractivity contribution in [3.8, 4) is 11.5 Å². The minimum atomic E-state index is -2.10. The van der Waals surface area contributed by atoms with Gasteiger partial charge in [0.25, 0.3) is 0 Å². The highest BCUT2D eigenvalue weighted by Crippen LogP contribution is 2.76. The van der Waals surface area contributed by atoms with Crippen LogP contribution in [0, 0.1) is 50.2 Å². The average Bonchev–Trinajstić information content (AvgIpc) is 0.673. The van der Waals surface area contributed by atoms with Gasteiger partial charge < -0.3 is 198 Å². The van der Waals surface area contributed by atoms with E-state index in [-0.39, 0.29) is 52.1 Å². The molecule has 13 aliphatic rings. The SMILES string of the molecule is COc1ccc(C=CC(=O)O[C@@H]2[C@@H](O)[C@H](O[C@H]3[C@H](O)[C@@H](O)[C@H](O[C@@H]4CO[C@@H](O[C@@H]5[C@@H](O)[C@H](C)O[C@@H](O[C@H]6[C@H](O[C@H]7CC[C@]8(C)[C@H]9CC=C%10[C@@H]%11CC(C)(C)CC[C@]%11(C(=O)O[C@@H]%11O[C@H](CO[C@@H]%12O[C@H](CO)[C@@H](O[C@@H]%13O[C@@H](C)[C@H](O)[C@@H](O)[C@H]%13O)[C@H](O)[C@H]%12O)[C@@H](O)[C@H](O)[C@H]%11O)CC[C@@]%10(C)[C@]9(C)CC[C@H]8C7(C)C)OC[C@H](O)[C@@H]6O)[C@@H]5O)[C@H](O)[C@@H]4O)O[C@@H]3CO)O[C@H](CO)[C@H]2O)cc1O. The Morgan fingerprint density at radius 1 is 0.469 bits per heavy atom. The summed E-state index contributed by atoms with van der Waals surface area (Å²) < 4.78 is 106. The van der Waals surface area contributed by atoms with Crippen LogP contribution < -0.4 is 4.74 Å². The third kappa shape index (κ3) is 18.5. The first-order valence-electron chi connectivity index (χ1n) is 44.3. The van der Waals surface area contributed by atoms with E-state index in [0.29, 0.717) is 56.9 Å². The van der Waals surface area contributed by atoms with E-state index in [4.69, 9.17) is 85.3 Å². The number of benzene rings is 1. The first kappa shape index (κ1) is 99.8. The van der Waals surface area contributed by atoms with E-state index in [1.807, 2.05) is 0 Å². The Hall–Kier alpha value is -4.20. The van der Waals surface area contributed by atoms with Crippen molar-refractivity contribution in [1.82, 2.24) is 0 Å². The number of phenols is 1. The number of hydrogen-bond donors (Lipinski definition) is 22. The first-order chi connectivity index (χ1) is 60.3. The van der Waals surface area contributed by atoms with Gasteiger partial charge in [-0.3, -0.25) is 4.79 Å². The Kier molecular flexibility index (Phi) is 30.5. The number of carbonyl (C=O) groups excluding carboxylic acids is 2. The summed E-state index contributed by atoms with van der Waals surface area (Å²) in [7, 11) is 1.34. The Balaban J connectivity index is 0.589. The average molecular weight is 1840 g/mol. The lowest BCUT2D eigenvalue weighted by atomic mass is 9.33. The molecule has 0 amide bonds. The van der Waals surface area contributed by atoms with Crippen LogP contribution in [0.1, 0.15) is 132 Å². The molecule has 1 aromatic rings. The van der Waals surface area contributed by atoms with Gasteiger partial charge in [-0.25, -0.2) is 4.79 Å². The van der Waals surface area contributed by atoms with Crippen LogP contribution in [0.25, 0.3) is 6.08 Å². The quantitative estimate of drug-likeness (QED) is 0.0199. The summed E-state index contributed by atoms with van der Waals surface area (Å²) in [6.45, 7) is 14.1. The lowest BCUT2D eigenvalue weighted by Gasteiger charge is -2.71. The van der Waals surface area contributed by atoms with Crippen LogP contribution in [0.4, 0.5) is 0 Å². The molecule has 42 heteroatoms. The molecule has 0 bridgehead atoms. The van der Waals surface area contributed by atoms with Crippen LogP contribution in [0.3, 0.4) is 0 Å². The number of esters is 2. The number of aliphatic hydroxyl groups excluding tert-OH is 21. The van der Waals surface area contributed by atoms with Gasteiger partial charge in [0.05, 0.1) is 70.5 Å². The highest BCUT2D eigenvalue weighted by atomic mass is 16.8. The highest BCUT2D eigenvalue weighted by molar-refractivity contribution is 5.87. The number of aromatic hydroxyl groups is 1. The van der Waals surface area contributed by atoms with Crippen molar-refractivity contribution in [2.75, 3.05) is 46.8 Å². The number of allylic oxidation sites excluding steroid dienone is 2. The number of carbonyl (C=O) groups is 2. The predicted molar refractivity (Wildman–Crippen MR) is 426 cm³/mol. The molecular formula is C86H132O42. The van der Waals surface area contributed by atoms with Crippen molar-refractivity contribution in [2.24, 2.45) is 50.2 Å². The van der Waals surface area contributed by atoms with Gasteiger partial charge in [-0.1, -0.05) is 66.2 Å². The predicted octanol–water partition coefficient (Wildman–Crippen LogP) is -5.43. The number of fused-ring (bicyclic) bond motifs is 7. The third-order valence-electron chi connectivity index (χ3n) is 30.9. The summed E-state index contributed by atoms with van der Waals surface area (Å²) in [5.41, 5.74) is -1.55. The smallest absolute Gasteiger partial charge is 0.331 e. The largest absolute Gasteiger partial charge is 0.504 e. The fourth-order valence-electron chi connectivity index (χ4n) is 22.9. The van der Waals surface area contributed by atoms with Crippen LogP contribution in [-0.4, -0.2) is 411 Å². The standard InChI is InChI=1S/C86H132O42/c1-33-50(93)56(99)61(104)74(115-33)124-67-42(28-88)118-72(63(106)58(67)101)113-31-44-53(96)57(100)62(105)76(121-44)128-80(110)86-23-21-81(3,4)26-37(86)36-13-15-47-83(7)19-18-48(82(5,6)46(83)17-20-85(47,9)84(36,8)22-24-86)122-79-71(52(95)39(91)30-112-79)127-77-65(108)69(51(94)34(2)116-77)126-73-60(103)54(97)45(32-114-73)120-75-64(107)59(102)68(43(29-89)119-75)125-78-66(109)70(55(98)41(27-87)117-78)123-49(92)16-12-35-11-14-40(111-10)38(90)25-35/h11-14,16,25,33-34,37,39,41-48,50-79,87-91,93-109H,15,17-24,26-32H2,1-10H3/t33-,34-,37-,39-,41+,42+,43+,44+,45+,46-,47+,48-,50-,51-,52-,53+,54+,55+,56+,57-,58+,59+,60+,61+,62+,63+,64+,65+,66+,67+,68+,69+,70-,71+,72+,73-,74-,75-,76-,77-,78-,79-,83-,84+,85+,86-/m0/s1. The van der Waals surface area contributed by atoms with Crippen molar-refractivity contribution in [2.45, 2.75) is 366 Å². The van der Waals surface area contributed by atoms with E-state index >= 15 is 4.79 Å². The van der Waals surface area contributed by atoms with E-state index in [1.165, 1.54) is 45.2 Å². The number of methoxy groups -OCH3 is 1. The Bertz CT molecular complexity index is 3970. The fraction of sp³-hybridized carbons (Fsp3) is 0.860. The van der Waals surface area contributed by atoms with Gasteiger partial charge in [-0.05, 0) is 147 Å². The molecule has 8 heterocycles. The summed E-state index contributed by atoms with van der Waals surface area (Å²) in [6, 6.07) is 4.23. The van der Waals surface area contributed by atoms with E-state index < -0.39 is 301 Å². The lowest BCUT2D eigenvalue weighted by Crippen LogP contribution is -2.67. The molecule has 46 atom stereocenters. The molecule has 1 aromatic carbocycles. The van der Waals surface area contributed by atoms with E-state index in [0.717, 1.165) is 24.5 Å². The molecule has 5 aliphatic carbocycles. The van der Waals surface area contributed by atoms with Crippen molar-refractivity contribution in [3.05, 3.63) is 41.5 Å². The van der Waals surface area contributed by atoms with E-state index in [2.05, 4.69) is 54.5 Å². The summed E-state index contributed by atoms with van der Waals surface area (Å²) in [4.78, 5) is 28.4. The zero-order valence-electron chi connectivity index (χ0n) is 73.0. The third-order valence-corrected chi connectivity index (χ3v) is 30.9. The lowest BCUT2D eigenvalue weighted by molar-refractivity contribution is -0.386. The second-order valence-corrected chi connectivity index (χ2v) is 39.3. The molecule has 0 radical (unpaired) electrons. The van der Waals surface area contributed by atoms with Crippen molar-refractivity contribution < 1.29 is 207 Å². The number of rotatable bonds is 24. The second-order valence-electron chi connectivity index (χ2n) is 39.3. The summed E-state index contributed by atoms with van der Waals surface area (Å²) >= 11 is 0. The molecule has 8 aliphatic heterocycles. The molecule has 8 saturated heterocycles. The van der Waals surface area contributed by atoms with E-state index in [1.54, 1.807) is 0 Å².